The monoisotopic (exact) mass is 464 g/mol. The maximum Gasteiger partial charge on any atom is 0.407 e. The van der Waals surface area contributed by atoms with Crippen molar-refractivity contribution in [3.63, 3.8) is 0 Å². The summed E-state index contributed by atoms with van der Waals surface area (Å²) in [5, 5.41) is 14.6. The first-order chi connectivity index (χ1) is 16.3. The zero-order chi connectivity index (χ0) is 24.7. The van der Waals surface area contributed by atoms with Gasteiger partial charge in [0, 0.05) is 5.92 Å². The Kier molecular flexibility index (Phi) is 8.46. The van der Waals surface area contributed by atoms with E-state index < -0.39 is 30.1 Å². The van der Waals surface area contributed by atoms with Crippen LogP contribution in [-0.2, 0) is 14.3 Å². The van der Waals surface area contributed by atoms with Gasteiger partial charge in [0.05, 0.1) is 0 Å². The van der Waals surface area contributed by atoms with E-state index in [0.29, 0.717) is 12.8 Å². The number of nitrogens with one attached hydrogen (secondary N) is 2. The van der Waals surface area contributed by atoms with Crippen molar-refractivity contribution in [1.82, 2.24) is 10.6 Å². The van der Waals surface area contributed by atoms with E-state index in [0.717, 1.165) is 22.3 Å². The molecular formula is C27H32N2O5. The standard InChI is InChI=1S/C27H32N2O5/c1-4-5-14-23(26(31)32)28-25(30)24(15-17(2)3)29-27(33)34-16-22-20-12-8-6-10-18(20)19-11-7-9-13-21(19)22/h4,6-13,17,22-24H,1,5,14-16H2,2-3H3,(H,28,30)(H,29,33)(H,31,32). The van der Waals surface area contributed by atoms with E-state index in [1.807, 2.05) is 50.2 Å². The summed E-state index contributed by atoms with van der Waals surface area (Å²) in [7, 11) is 0. The van der Waals surface area contributed by atoms with E-state index in [9.17, 15) is 19.5 Å². The predicted molar refractivity (Wildman–Crippen MR) is 130 cm³/mol. The highest BCUT2D eigenvalue weighted by Gasteiger charge is 2.30. The summed E-state index contributed by atoms with van der Waals surface area (Å²) in [6, 6.07) is 14.1. The molecule has 0 spiro atoms. The number of alkyl carbamates (subject to hydrolysis) is 1. The Balaban J connectivity index is 1.66. The number of allylic oxidation sites excluding steroid dienone is 1. The van der Waals surface area contributed by atoms with Crippen molar-refractivity contribution in [2.24, 2.45) is 5.92 Å². The van der Waals surface area contributed by atoms with Crippen molar-refractivity contribution in [2.45, 2.75) is 51.1 Å². The van der Waals surface area contributed by atoms with Gasteiger partial charge in [0.2, 0.25) is 5.91 Å². The average molecular weight is 465 g/mol. The number of hydrogen-bond donors (Lipinski definition) is 3. The minimum Gasteiger partial charge on any atom is -0.480 e. The minimum absolute atomic E-state index is 0.0918. The van der Waals surface area contributed by atoms with Crippen LogP contribution >= 0.6 is 0 Å². The smallest absolute Gasteiger partial charge is 0.407 e. The number of carboxylic acids is 1. The number of carboxylic acid groups (broad SMARTS) is 1. The maximum absolute atomic E-state index is 12.8. The number of amides is 2. The highest BCUT2D eigenvalue weighted by Crippen LogP contribution is 2.44. The summed E-state index contributed by atoms with van der Waals surface area (Å²) in [6.07, 6.45) is 1.92. The fourth-order valence-electron chi connectivity index (χ4n) is 4.30. The molecule has 0 bridgehead atoms. The highest BCUT2D eigenvalue weighted by molar-refractivity contribution is 5.89. The first-order valence-corrected chi connectivity index (χ1v) is 11.6. The highest BCUT2D eigenvalue weighted by atomic mass is 16.5. The summed E-state index contributed by atoms with van der Waals surface area (Å²) in [4.78, 5) is 37.0. The molecule has 7 heteroatoms. The van der Waals surface area contributed by atoms with Crippen LogP contribution in [0.25, 0.3) is 11.1 Å². The van der Waals surface area contributed by atoms with Gasteiger partial charge in [0.1, 0.15) is 18.7 Å². The Bertz CT molecular complexity index is 1000. The van der Waals surface area contributed by atoms with Gasteiger partial charge in [-0.15, -0.1) is 6.58 Å². The molecule has 2 aromatic carbocycles. The second-order valence-electron chi connectivity index (χ2n) is 8.92. The third-order valence-corrected chi connectivity index (χ3v) is 5.93. The molecule has 0 fully saturated rings. The molecule has 3 N–H and O–H groups in total. The molecule has 2 unspecified atom stereocenters. The molecule has 3 rings (SSSR count). The third-order valence-electron chi connectivity index (χ3n) is 5.93. The Hall–Kier alpha value is -3.61. The normalized spacial score (nSPS) is 14.0. The Morgan fingerprint density at radius 1 is 1.00 bits per heavy atom. The van der Waals surface area contributed by atoms with E-state index in [2.05, 4.69) is 29.3 Å². The Labute approximate surface area is 200 Å². The van der Waals surface area contributed by atoms with E-state index in [-0.39, 0.29) is 24.9 Å². The number of carbonyl (C=O) groups excluding carboxylic acids is 2. The number of aliphatic carboxylic acids is 1. The molecule has 1 aliphatic carbocycles. The van der Waals surface area contributed by atoms with Crippen molar-refractivity contribution in [1.29, 1.82) is 0 Å². The van der Waals surface area contributed by atoms with Crippen molar-refractivity contribution in [2.75, 3.05) is 6.61 Å². The summed E-state index contributed by atoms with van der Waals surface area (Å²) in [5.74, 6) is -1.66. The molecule has 0 aliphatic heterocycles. The van der Waals surface area contributed by atoms with Crippen LogP contribution in [0.15, 0.2) is 61.2 Å². The van der Waals surface area contributed by atoms with Crippen LogP contribution in [0.1, 0.15) is 50.2 Å². The largest absolute Gasteiger partial charge is 0.480 e. The molecule has 2 aromatic rings. The summed E-state index contributed by atoms with van der Waals surface area (Å²) in [5.41, 5.74) is 4.45. The van der Waals surface area contributed by atoms with Crippen LogP contribution in [0.2, 0.25) is 0 Å². The minimum atomic E-state index is -1.13. The lowest BCUT2D eigenvalue weighted by Crippen LogP contribution is -2.52. The van der Waals surface area contributed by atoms with Gasteiger partial charge in [0.15, 0.2) is 0 Å². The SMILES string of the molecule is C=CCCC(NC(=O)C(CC(C)C)NC(=O)OCC1c2ccccc2-c2ccccc21)C(=O)O. The second kappa shape index (κ2) is 11.5. The molecule has 0 radical (unpaired) electrons. The van der Waals surface area contributed by atoms with Gasteiger partial charge in [-0.25, -0.2) is 9.59 Å². The lowest BCUT2D eigenvalue weighted by molar-refractivity contribution is -0.142. The van der Waals surface area contributed by atoms with E-state index in [4.69, 9.17) is 4.74 Å². The summed E-state index contributed by atoms with van der Waals surface area (Å²) >= 11 is 0. The fourth-order valence-corrected chi connectivity index (χ4v) is 4.30. The van der Waals surface area contributed by atoms with Crippen LogP contribution in [0.5, 0.6) is 0 Å². The fraction of sp³-hybridized carbons (Fsp3) is 0.370. The van der Waals surface area contributed by atoms with Crippen LogP contribution in [0.3, 0.4) is 0 Å². The zero-order valence-electron chi connectivity index (χ0n) is 19.6. The summed E-state index contributed by atoms with van der Waals surface area (Å²) < 4.78 is 5.56. The predicted octanol–water partition coefficient (Wildman–Crippen LogP) is 4.48. The number of benzene rings is 2. The van der Waals surface area contributed by atoms with E-state index in [1.54, 1.807) is 6.08 Å². The van der Waals surface area contributed by atoms with Crippen molar-refractivity contribution in [3.8, 4) is 11.1 Å². The molecular weight excluding hydrogens is 432 g/mol. The van der Waals surface area contributed by atoms with Gasteiger partial charge in [0.25, 0.3) is 0 Å². The molecule has 0 saturated heterocycles. The van der Waals surface area contributed by atoms with Crippen molar-refractivity contribution in [3.05, 3.63) is 72.3 Å². The third kappa shape index (κ3) is 6.04. The van der Waals surface area contributed by atoms with Crippen LogP contribution in [0, 0.1) is 5.92 Å². The number of carbonyl (C=O) groups is 3. The molecule has 0 aromatic heterocycles. The molecule has 2 atom stereocenters. The first-order valence-electron chi connectivity index (χ1n) is 11.6. The van der Waals surface area contributed by atoms with Gasteiger partial charge in [-0.05, 0) is 47.4 Å². The average Bonchev–Trinajstić information content (AvgIpc) is 3.13. The Morgan fingerprint density at radius 2 is 1.59 bits per heavy atom. The molecule has 0 saturated carbocycles. The number of ether oxygens (including phenoxy) is 1. The van der Waals surface area contributed by atoms with Gasteiger partial charge >= 0.3 is 12.1 Å². The first kappa shape index (κ1) is 25.0. The van der Waals surface area contributed by atoms with Gasteiger partial charge < -0.3 is 20.5 Å². The van der Waals surface area contributed by atoms with Crippen molar-refractivity contribution >= 4 is 18.0 Å². The van der Waals surface area contributed by atoms with E-state index in [1.165, 1.54) is 0 Å². The maximum atomic E-state index is 12.8. The zero-order valence-corrected chi connectivity index (χ0v) is 19.6. The molecule has 7 nitrogen and oxygen atoms in total. The van der Waals surface area contributed by atoms with E-state index >= 15 is 0 Å². The van der Waals surface area contributed by atoms with Gasteiger partial charge in [-0.1, -0.05) is 68.5 Å². The molecule has 34 heavy (non-hydrogen) atoms. The molecule has 180 valence electrons. The quantitative estimate of drug-likeness (QED) is 0.426. The Morgan fingerprint density at radius 3 is 2.12 bits per heavy atom. The second-order valence-corrected chi connectivity index (χ2v) is 8.92. The summed E-state index contributed by atoms with van der Waals surface area (Å²) in [6.45, 7) is 7.56. The van der Waals surface area contributed by atoms with Crippen LogP contribution < -0.4 is 10.6 Å². The van der Waals surface area contributed by atoms with Crippen LogP contribution in [0.4, 0.5) is 4.79 Å². The molecule has 1 aliphatic rings. The topological polar surface area (TPSA) is 105 Å². The lowest BCUT2D eigenvalue weighted by atomic mass is 9.98. The van der Waals surface area contributed by atoms with Gasteiger partial charge in [-0.2, -0.15) is 0 Å². The lowest BCUT2D eigenvalue weighted by Gasteiger charge is -2.23. The van der Waals surface area contributed by atoms with Crippen LogP contribution in [-0.4, -0.2) is 41.8 Å². The number of rotatable bonds is 11. The molecule has 2 amide bonds. The van der Waals surface area contributed by atoms with Crippen molar-refractivity contribution < 1.29 is 24.2 Å². The molecule has 0 heterocycles. The van der Waals surface area contributed by atoms with Gasteiger partial charge in [-0.3, -0.25) is 4.79 Å². The number of hydrogen-bond acceptors (Lipinski definition) is 4. The number of fused-ring (bicyclic) bond motifs is 3.